The molecule has 0 radical (unpaired) electrons. The van der Waals surface area contributed by atoms with Gasteiger partial charge in [-0.1, -0.05) is 62.2 Å². The molecule has 9 nitrogen and oxygen atoms in total. The highest BCUT2D eigenvalue weighted by molar-refractivity contribution is 6.03. The Bertz CT molecular complexity index is 1320. The van der Waals surface area contributed by atoms with Gasteiger partial charge in [-0.15, -0.1) is 0 Å². The van der Waals surface area contributed by atoms with E-state index in [9.17, 15) is 24.0 Å². The average Bonchev–Trinajstić information content (AvgIpc) is 3.57. The van der Waals surface area contributed by atoms with Crippen molar-refractivity contribution < 1.29 is 24.0 Å². The molecule has 1 saturated carbocycles. The van der Waals surface area contributed by atoms with Gasteiger partial charge in [0.2, 0.25) is 17.7 Å². The summed E-state index contributed by atoms with van der Waals surface area (Å²) in [6.07, 6.45) is 4.71. The number of hydrogen-bond donors (Lipinski definition) is 2. The Morgan fingerprint density at radius 2 is 1.63 bits per heavy atom. The summed E-state index contributed by atoms with van der Waals surface area (Å²) in [7, 11) is 0. The summed E-state index contributed by atoms with van der Waals surface area (Å²) in [5.41, 5.74) is 1.78. The summed E-state index contributed by atoms with van der Waals surface area (Å²) < 4.78 is 0. The number of Topliss-reactive ketones (excluding diaryl/α,β-unsaturated/α-hetero) is 1. The maximum atomic E-state index is 13.6. The third-order valence-electron chi connectivity index (χ3n) is 8.84. The number of anilines is 1. The van der Waals surface area contributed by atoms with Crippen molar-refractivity contribution in [3.63, 3.8) is 0 Å². The smallest absolute Gasteiger partial charge is 0.251 e. The largest absolute Gasteiger partial charge is 0.356 e. The van der Waals surface area contributed by atoms with Crippen LogP contribution in [-0.4, -0.2) is 52.9 Å². The van der Waals surface area contributed by atoms with E-state index in [4.69, 9.17) is 0 Å². The van der Waals surface area contributed by atoms with Gasteiger partial charge in [-0.2, -0.15) is 0 Å². The van der Waals surface area contributed by atoms with Gasteiger partial charge >= 0.3 is 0 Å². The summed E-state index contributed by atoms with van der Waals surface area (Å²) in [6, 6.07) is 15.7. The van der Waals surface area contributed by atoms with E-state index < -0.39 is 23.7 Å². The number of hydrogen-bond acceptors (Lipinski definition) is 5. The monoisotopic (exact) mass is 588 g/mol. The van der Waals surface area contributed by atoms with Crippen molar-refractivity contribution in [2.24, 2.45) is 5.41 Å². The van der Waals surface area contributed by atoms with Crippen LogP contribution in [0.5, 0.6) is 0 Å². The number of benzene rings is 2. The fraction of sp³-hybridized carbons (Fsp3) is 0.500. The summed E-state index contributed by atoms with van der Waals surface area (Å²) in [6.45, 7) is 7.09. The molecule has 2 N–H and O–H groups in total. The Morgan fingerprint density at radius 3 is 2.21 bits per heavy atom. The summed E-state index contributed by atoms with van der Waals surface area (Å²) in [5.74, 6) is -0.606. The first kappa shape index (κ1) is 31.9. The molecule has 2 fully saturated rings. The fourth-order valence-corrected chi connectivity index (χ4v) is 6.43. The molecular weight excluding hydrogens is 544 g/mol. The molecule has 2 aromatic rings. The van der Waals surface area contributed by atoms with Gasteiger partial charge in [0, 0.05) is 25.6 Å². The lowest BCUT2D eigenvalue weighted by atomic mass is 9.81. The fourth-order valence-electron chi connectivity index (χ4n) is 6.43. The zero-order valence-corrected chi connectivity index (χ0v) is 25.7. The number of carbonyl (C=O) groups excluding carboxylic acids is 5. The van der Waals surface area contributed by atoms with E-state index in [1.54, 1.807) is 16.7 Å². The highest BCUT2D eigenvalue weighted by Gasteiger charge is 2.47. The Labute approximate surface area is 254 Å². The summed E-state index contributed by atoms with van der Waals surface area (Å²) in [4.78, 5) is 67.6. The molecule has 9 heteroatoms. The molecule has 3 unspecified atom stereocenters. The second-order valence-corrected chi connectivity index (χ2v) is 11.9. The third-order valence-corrected chi connectivity index (χ3v) is 8.84. The van der Waals surface area contributed by atoms with Gasteiger partial charge in [-0.25, -0.2) is 0 Å². The molecular formula is C34H44N4O5. The van der Waals surface area contributed by atoms with Crippen molar-refractivity contribution >= 4 is 35.1 Å². The number of rotatable bonds is 12. The molecule has 43 heavy (non-hydrogen) atoms. The van der Waals surface area contributed by atoms with Crippen LogP contribution in [0.3, 0.4) is 0 Å². The van der Waals surface area contributed by atoms with Crippen LogP contribution in [-0.2, 0) is 30.4 Å². The molecule has 0 aromatic heterocycles. The van der Waals surface area contributed by atoms with Crippen LogP contribution >= 0.6 is 0 Å². The molecule has 2 aliphatic rings. The number of carbonyl (C=O) groups is 5. The minimum atomic E-state index is -0.691. The van der Waals surface area contributed by atoms with E-state index in [-0.39, 0.29) is 29.4 Å². The van der Waals surface area contributed by atoms with Crippen LogP contribution in [0, 0.1) is 5.41 Å². The van der Waals surface area contributed by atoms with E-state index in [0.29, 0.717) is 37.9 Å². The van der Waals surface area contributed by atoms with E-state index in [1.807, 2.05) is 61.5 Å². The highest BCUT2D eigenvalue weighted by atomic mass is 16.2. The van der Waals surface area contributed by atoms with Crippen LogP contribution in [0.25, 0.3) is 0 Å². The van der Waals surface area contributed by atoms with Crippen molar-refractivity contribution in [2.45, 2.75) is 97.3 Å². The number of nitrogens with zero attached hydrogens (tertiary/aromatic N) is 2. The molecule has 0 bridgehead atoms. The lowest BCUT2D eigenvalue weighted by Gasteiger charge is -2.31. The van der Waals surface area contributed by atoms with E-state index in [2.05, 4.69) is 10.6 Å². The van der Waals surface area contributed by atoms with Crippen LogP contribution in [0.2, 0.25) is 0 Å². The van der Waals surface area contributed by atoms with Crippen molar-refractivity contribution in [3.05, 3.63) is 65.7 Å². The molecule has 230 valence electrons. The van der Waals surface area contributed by atoms with Crippen molar-refractivity contribution in [3.8, 4) is 0 Å². The topological polar surface area (TPSA) is 116 Å². The maximum Gasteiger partial charge on any atom is 0.251 e. The Hall–Kier alpha value is -4.01. The molecule has 1 saturated heterocycles. The first-order valence-corrected chi connectivity index (χ1v) is 15.4. The van der Waals surface area contributed by atoms with Gasteiger partial charge in [-0.3, -0.25) is 28.9 Å². The van der Waals surface area contributed by atoms with Crippen molar-refractivity contribution in [1.29, 1.82) is 0 Å². The Morgan fingerprint density at radius 1 is 0.977 bits per heavy atom. The van der Waals surface area contributed by atoms with E-state index >= 15 is 0 Å². The lowest BCUT2D eigenvalue weighted by Crippen LogP contribution is -2.49. The molecule has 1 heterocycles. The quantitative estimate of drug-likeness (QED) is 0.380. The van der Waals surface area contributed by atoms with E-state index in [1.165, 1.54) is 13.8 Å². The molecule has 4 amide bonds. The SMILES string of the molecule is CCCC(=O)N1C(C)C(=O)N(c2ccc(CC(NC(=O)C3(CCNC(C)=O)CCCC3)C(C)=O)cc2)C1c1ccccc1. The average molecular weight is 589 g/mol. The van der Waals surface area contributed by atoms with E-state index in [0.717, 1.165) is 36.8 Å². The summed E-state index contributed by atoms with van der Waals surface area (Å²) in [5, 5.41) is 5.81. The third kappa shape index (κ3) is 7.14. The predicted octanol–water partition coefficient (Wildman–Crippen LogP) is 4.45. The van der Waals surface area contributed by atoms with Crippen LogP contribution < -0.4 is 15.5 Å². The van der Waals surface area contributed by atoms with Crippen LogP contribution in [0.4, 0.5) is 5.69 Å². The van der Waals surface area contributed by atoms with Crippen LogP contribution in [0.15, 0.2) is 54.6 Å². The zero-order chi connectivity index (χ0) is 31.1. The first-order valence-electron chi connectivity index (χ1n) is 15.4. The van der Waals surface area contributed by atoms with Crippen molar-refractivity contribution in [2.75, 3.05) is 11.4 Å². The van der Waals surface area contributed by atoms with Gasteiger partial charge in [0.1, 0.15) is 12.2 Å². The number of nitrogens with one attached hydrogen (secondary N) is 2. The molecule has 0 spiro atoms. The van der Waals surface area contributed by atoms with Gasteiger partial charge < -0.3 is 15.5 Å². The second kappa shape index (κ2) is 14.0. The normalized spacial score (nSPS) is 20.1. The Kier molecular flexibility index (Phi) is 10.4. The van der Waals surface area contributed by atoms with Gasteiger partial charge in [0.25, 0.3) is 5.91 Å². The highest BCUT2D eigenvalue weighted by Crippen LogP contribution is 2.42. The minimum absolute atomic E-state index is 0.0616. The number of ketones is 1. The number of amides is 4. The molecule has 1 aliphatic carbocycles. The predicted molar refractivity (Wildman–Crippen MR) is 165 cm³/mol. The maximum absolute atomic E-state index is 13.6. The minimum Gasteiger partial charge on any atom is -0.356 e. The summed E-state index contributed by atoms with van der Waals surface area (Å²) >= 11 is 0. The molecule has 1 aliphatic heterocycles. The Balaban J connectivity index is 1.53. The van der Waals surface area contributed by atoms with Gasteiger partial charge in [0.15, 0.2) is 5.78 Å². The zero-order valence-electron chi connectivity index (χ0n) is 25.7. The first-order chi connectivity index (χ1) is 20.6. The molecule has 3 atom stereocenters. The lowest BCUT2D eigenvalue weighted by molar-refractivity contribution is -0.136. The van der Waals surface area contributed by atoms with Crippen molar-refractivity contribution in [1.82, 2.24) is 15.5 Å². The second-order valence-electron chi connectivity index (χ2n) is 11.9. The standard InChI is InChI=1S/C34H44N4O5/c1-5-11-30(41)37-23(2)32(42)38(31(37)27-12-7-6-8-13-27)28-16-14-26(15-17-28)22-29(24(3)39)36-33(43)34(18-9-10-19-34)20-21-35-25(4)40/h6-8,12-17,23,29,31H,5,9-11,18-22H2,1-4H3,(H,35,40)(H,36,43). The van der Waals surface area contributed by atoms with Gasteiger partial charge in [0.05, 0.1) is 11.5 Å². The molecule has 4 rings (SSSR count). The molecule has 2 aromatic carbocycles. The van der Waals surface area contributed by atoms with Gasteiger partial charge in [-0.05, 0) is 69.2 Å². The van der Waals surface area contributed by atoms with Crippen LogP contribution in [0.1, 0.15) is 89.9 Å².